The molecule has 0 aliphatic rings. The Labute approximate surface area is 114 Å². The molecule has 0 radical (unpaired) electrons. The minimum atomic E-state index is -0.506. The zero-order valence-corrected chi connectivity index (χ0v) is 11.4. The Morgan fingerprint density at radius 2 is 2.12 bits per heavy atom. The predicted molar refractivity (Wildman–Crippen MR) is 63.7 cm³/mol. The molecule has 0 saturated carbocycles. The van der Waals surface area contributed by atoms with E-state index in [1.165, 1.54) is 0 Å². The Morgan fingerprint density at radius 1 is 1.41 bits per heavy atom. The van der Waals surface area contributed by atoms with E-state index >= 15 is 0 Å². The summed E-state index contributed by atoms with van der Waals surface area (Å²) in [5.41, 5.74) is 11.6. The zero-order valence-electron chi connectivity index (χ0n) is 9.05. The fourth-order valence-corrected chi connectivity index (χ4v) is 1.66. The van der Waals surface area contributed by atoms with E-state index in [1.54, 1.807) is 6.07 Å². The van der Waals surface area contributed by atoms with Crippen LogP contribution in [0.5, 0.6) is 5.75 Å². The first-order chi connectivity index (χ1) is 7.63. The summed E-state index contributed by atoms with van der Waals surface area (Å²) in [6.45, 7) is 0.0818. The minimum absolute atomic E-state index is 0. The van der Waals surface area contributed by atoms with Crippen LogP contribution in [0.25, 0.3) is 0 Å². The molecule has 0 spiro atoms. The molecule has 0 bridgehead atoms. The van der Waals surface area contributed by atoms with Crippen LogP contribution in [0, 0.1) is 0 Å². The molecule has 1 aromatic rings. The van der Waals surface area contributed by atoms with Crippen molar-refractivity contribution in [3.05, 3.63) is 28.2 Å². The van der Waals surface area contributed by atoms with E-state index in [9.17, 15) is 4.39 Å². The van der Waals surface area contributed by atoms with E-state index in [-0.39, 0.29) is 25.0 Å². The smallest absolute Gasteiger partial charge is 0.339 e. The number of rotatable bonds is 5. The average Bonchev–Trinajstić information content (AvgIpc) is 2.25. The summed E-state index contributed by atoms with van der Waals surface area (Å²) in [6.07, 6.45) is 0. The summed E-state index contributed by atoms with van der Waals surface area (Å²) < 4.78 is 17.9. The number of alkyl halides is 1. The van der Waals surface area contributed by atoms with Crippen LogP contribution in [0.15, 0.2) is 22.7 Å². The van der Waals surface area contributed by atoms with Crippen molar-refractivity contribution in [2.24, 2.45) is 11.5 Å². The molecule has 0 heterocycles. The number of benzene rings is 1. The van der Waals surface area contributed by atoms with Gasteiger partial charge >= 0.3 is 5.96 Å². The zero-order chi connectivity index (χ0) is 12.0. The molecule has 0 aliphatic heterocycles. The molecule has 96 valence electrons. The Balaban J connectivity index is 0.00000256. The summed E-state index contributed by atoms with van der Waals surface area (Å²) in [7, 11) is 0. The molecule has 0 amide bonds. The maximum atomic E-state index is 11.9. The molecule has 1 rings (SSSR count). The third kappa shape index (κ3) is 5.74. The molecule has 0 unspecified atom stereocenters. The maximum Gasteiger partial charge on any atom is 0.339 e. The van der Waals surface area contributed by atoms with Crippen molar-refractivity contribution in [1.82, 2.24) is 0 Å². The Morgan fingerprint density at radius 3 is 2.65 bits per heavy atom. The van der Waals surface area contributed by atoms with Crippen molar-refractivity contribution in [2.45, 2.75) is 6.54 Å². The molecule has 4 nitrogen and oxygen atoms in total. The van der Waals surface area contributed by atoms with E-state index < -0.39 is 6.67 Å². The normalized spacial score (nSPS) is 9.29. The van der Waals surface area contributed by atoms with Gasteiger partial charge in [0, 0.05) is 0 Å². The first-order valence-corrected chi connectivity index (χ1v) is 5.51. The number of nitrogens with one attached hydrogen (secondary N) is 1. The summed E-state index contributed by atoms with van der Waals surface area (Å²) in [4.78, 5) is 2.80. The lowest BCUT2D eigenvalue weighted by Gasteiger charge is -2.07. The molecule has 0 atom stereocenters. The lowest BCUT2D eigenvalue weighted by molar-refractivity contribution is -0.477. The lowest BCUT2D eigenvalue weighted by atomic mass is 10.2. The summed E-state index contributed by atoms with van der Waals surface area (Å²) in [5.74, 6) is 0.792. The van der Waals surface area contributed by atoms with Crippen LogP contribution in [0.4, 0.5) is 4.39 Å². The number of ether oxygens (including phenoxy) is 1. The van der Waals surface area contributed by atoms with Gasteiger partial charge in [0.05, 0.1) is 11.0 Å². The fourth-order valence-electron chi connectivity index (χ4n) is 1.12. The number of hydrogen-bond acceptors (Lipinski definition) is 1. The monoisotopic (exact) mass is 324 g/mol. The van der Waals surface area contributed by atoms with Gasteiger partial charge in [-0.05, 0) is 33.6 Å². The molecule has 0 aliphatic carbocycles. The molecule has 1 aromatic carbocycles. The van der Waals surface area contributed by atoms with Gasteiger partial charge in [-0.25, -0.2) is 4.39 Å². The molecule has 0 saturated heterocycles. The van der Waals surface area contributed by atoms with Gasteiger partial charge in [-0.2, -0.15) is 0 Å². The highest BCUT2D eigenvalue weighted by molar-refractivity contribution is 9.10. The summed E-state index contributed by atoms with van der Waals surface area (Å²) in [6, 6.07) is 5.49. The van der Waals surface area contributed by atoms with E-state index in [1.807, 2.05) is 12.1 Å². The summed E-state index contributed by atoms with van der Waals surface area (Å²) >= 11 is 3.34. The van der Waals surface area contributed by atoms with Crippen LogP contribution in [0.3, 0.4) is 0 Å². The van der Waals surface area contributed by atoms with Crippen molar-refractivity contribution in [1.29, 1.82) is 0 Å². The van der Waals surface area contributed by atoms with Crippen molar-refractivity contribution in [2.75, 3.05) is 13.3 Å². The van der Waals surface area contributed by atoms with Crippen LogP contribution in [0.1, 0.15) is 5.56 Å². The van der Waals surface area contributed by atoms with E-state index in [0.717, 1.165) is 10.0 Å². The van der Waals surface area contributed by atoms with Gasteiger partial charge in [0.1, 0.15) is 19.0 Å². The highest BCUT2D eigenvalue weighted by Crippen LogP contribution is 2.25. The Hall–Kier alpha value is -1.01. The molecular formula is C10H14BrClFN3O. The van der Waals surface area contributed by atoms with Crippen LogP contribution in [-0.2, 0) is 6.54 Å². The highest BCUT2D eigenvalue weighted by atomic mass is 79.9. The molecular weight excluding hydrogens is 311 g/mol. The van der Waals surface area contributed by atoms with Gasteiger partial charge in [-0.3, -0.25) is 16.5 Å². The predicted octanol–water partition coefficient (Wildman–Crippen LogP) is -3.34. The molecule has 17 heavy (non-hydrogen) atoms. The van der Waals surface area contributed by atoms with Gasteiger partial charge in [0.15, 0.2) is 0 Å². The minimum Gasteiger partial charge on any atom is -1.00 e. The Bertz CT molecular complexity index is 386. The Kier molecular flexibility index (Phi) is 7.65. The van der Waals surface area contributed by atoms with Gasteiger partial charge in [0.2, 0.25) is 0 Å². The van der Waals surface area contributed by atoms with Crippen molar-refractivity contribution < 1.29 is 26.5 Å². The molecule has 0 fully saturated rings. The van der Waals surface area contributed by atoms with Crippen LogP contribution >= 0.6 is 15.9 Å². The SMILES string of the molecule is NC(N)=[NH+]Cc1ccc(OCC[18F])c(Br)c1.[Cl-]. The maximum absolute atomic E-state index is 11.9. The van der Waals surface area contributed by atoms with Crippen LogP contribution in [-0.4, -0.2) is 19.2 Å². The third-order valence-corrected chi connectivity index (χ3v) is 2.45. The van der Waals surface area contributed by atoms with Gasteiger partial charge in [-0.15, -0.1) is 0 Å². The number of halogens is 3. The van der Waals surface area contributed by atoms with Gasteiger partial charge < -0.3 is 17.1 Å². The second-order valence-corrected chi connectivity index (χ2v) is 3.97. The number of nitrogens with two attached hydrogens (primary N) is 2. The van der Waals surface area contributed by atoms with Crippen molar-refractivity contribution >= 4 is 21.9 Å². The lowest BCUT2D eigenvalue weighted by Crippen LogP contribution is -3.00. The van der Waals surface area contributed by atoms with Crippen molar-refractivity contribution in [3.63, 3.8) is 0 Å². The van der Waals surface area contributed by atoms with Crippen molar-refractivity contribution in [3.8, 4) is 5.75 Å². The third-order valence-electron chi connectivity index (χ3n) is 1.83. The van der Waals surface area contributed by atoms with E-state index in [4.69, 9.17) is 16.2 Å². The quantitative estimate of drug-likeness (QED) is 0.391. The standard InChI is InChI=1S/C10H13BrFN3O.ClH/c11-8-5-7(6-15-10(13)14)1-2-9(8)16-4-3-12;/h1-2,5H,3-4,6H2,(H4,13,14,15);1H/i12-1;. The fraction of sp³-hybridized carbons (Fsp3) is 0.300. The van der Waals surface area contributed by atoms with E-state index in [2.05, 4.69) is 20.9 Å². The first kappa shape index (κ1) is 16.0. The second-order valence-electron chi connectivity index (χ2n) is 3.11. The second kappa shape index (κ2) is 8.14. The largest absolute Gasteiger partial charge is 1.00 e. The number of hydrogen-bond donors (Lipinski definition) is 3. The van der Waals surface area contributed by atoms with Gasteiger partial charge in [-0.1, -0.05) is 6.07 Å². The van der Waals surface area contributed by atoms with Crippen LogP contribution in [0.2, 0.25) is 0 Å². The highest BCUT2D eigenvalue weighted by Gasteiger charge is 2.02. The molecule has 0 aromatic heterocycles. The first-order valence-electron chi connectivity index (χ1n) is 4.72. The molecule has 5 N–H and O–H groups in total. The topological polar surface area (TPSA) is 75.2 Å². The van der Waals surface area contributed by atoms with Gasteiger partial charge in [0.25, 0.3) is 0 Å². The summed E-state index contributed by atoms with van der Waals surface area (Å²) in [5, 5.41) is 0. The number of guanidine groups is 1. The molecule has 7 heteroatoms. The van der Waals surface area contributed by atoms with Crippen LogP contribution < -0.4 is 33.6 Å². The van der Waals surface area contributed by atoms with E-state index in [0.29, 0.717) is 12.3 Å². The average molecular weight is 326 g/mol.